The van der Waals surface area contributed by atoms with Crippen LogP contribution in [-0.4, -0.2) is 35.7 Å². The molecule has 1 saturated carbocycles. The first-order valence-electron chi connectivity index (χ1n) is 5.90. The van der Waals surface area contributed by atoms with Crippen LogP contribution < -0.4 is 10.6 Å². The summed E-state index contributed by atoms with van der Waals surface area (Å²) < 4.78 is 0. The lowest BCUT2D eigenvalue weighted by Gasteiger charge is -2.20. The standard InChI is InChI=1S/C11H22N2O2/c1-3-5-9(12-4-2)10(14)11(15)13-8-6-7-8/h8-9,11-13,15H,3-7H2,1-2H3. The van der Waals surface area contributed by atoms with Gasteiger partial charge in [0, 0.05) is 6.04 Å². The SMILES string of the molecule is CCCC(NCC)C(=O)C(O)NC1CC1. The van der Waals surface area contributed by atoms with Crippen LogP contribution in [0.25, 0.3) is 0 Å². The van der Waals surface area contributed by atoms with E-state index in [0.717, 1.165) is 32.2 Å². The average molecular weight is 214 g/mol. The second-order valence-electron chi connectivity index (χ2n) is 4.14. The van der Waals surface area contributed by atoms with Gasteiger partial charge in [0.2, 0.25) is 0 Å². The van der Waals surface area contributed by atoms with Gasteiger partial charge in [-0.15, -0.1) is 0 Å². The van der Waals surface area contributed by atoms with Crippen molar-refractivity contribution in [3.05, 3.63) is 0 Å². The molecule has 1 rings (SSSR count). The van der Waals surface area contributed by atoms with E-state index in [9.17, 15) is 9.90 Å². The monoisotopic (exact) mass is 214 g/mol. The van der Waals surface area contributed by atoms with Crippen LogP contribution in [-0.2, 0) is 4.79 Å². The van der Waals surface area contributed by atoms with Gasteiger partial charge in [0.05, 0.1) is 6.04 Å². The van der Waals surface area contributed by atoms with Gasteiger partial charge in [-0.25, -0.2) is 0 Å². The highest BCUT2D eigenvalue weighted by Gasteiger charge is 2.29. The van der Waals surface area contributed by atoms with Crippen molar-refractivity contribution in [2.75, 3.05) is 6.54 Å². The van der Waals surface area contributed by atoms with Gasteiger partial charge in [0.15, 0.2) is 12.0 Å². The maximum absolute atomic E-state index is 11.8. The first kappa shape index (κ1) is 12.6. The molecule has 0 bridgehead atoms. The van der Waals surface area contributed by atoms with Crippen molar-refractivity contribution in [1.82, 2.24) is 10.6 Å². The number of likely N-dealkylation sites (N-methyl/N-ethyl adjacent to an activating group) is 1. The Hall–Kier alpha value is -0.450. The molecule has 4 heteroatoms. The number of hydrogen-bond donors (Lipinski definition) is 3. The van der Waals surface area contributed by atoms with E-state index in [-0.39, 0.29) is 11.8 Å². The zero-order chi connectivity index (χ0) is 11.3. The number of aliphatic hydroxyl groups excluding tert-OH is 1. The number of nitrogens with one attached hydrogen (secondary N) is 2. The van der Waals surface area contributed by atoms with Crippen LogP contribution in [0, 0.1) is 0 Å². The minimum absolute atomic E-state index is 0.120. The Balaban J connectivity index is 2.37. The summed E-state index contributed by atoms with van der Waals surface area (Å²) in [5.74, 6) is -0.120. The van der Waals surface area contributed by atoms with Crippen molar-refractivity contribution in [2.24, 2.45) is 0 Å². The lowest BCUT2D eigenvalue weighted by atomic mass is 10.1. The minimum atomic E-state index is -0.992. The number of rotatable bonds is 8. The molecule has 3 N–H and O–H groups in total. The number of carbonyl (C=O) groups is 1. The van der Waals surface area contributed by atoms with Gasteiger partial charge < -0.3 is 10.4 Å². The molecule has 15 heavy (non-hydrogen) atoms. The first-order valence-corrected chi connectivity index (χ1v) is 5.90. The molecule has 2 atom stereocenters. The summed E-state index contributed by atoms with van der Waals surface area (Å²) in [6.07, 6.45) is 2.89. The first-order chi connectivity index (χ1) is 7.19. The predicted octanol–water partition coefficient (Wildman–Crippen LogP) is 0.404. The summed E-state index contributed by atoms with van der Waals surface area (Å²) in [6, 6.07) is 0.147. The van der Waals surface area contributed by atoms with Gasteiger partial charge in [-0.2, -0.15) is 0 Å². The van der Waals surface area contributed by atoms with E-state index in [1.165, 1.54) is 0 Å². The highest BCUT2D eigenvalue weighted by molar-refractivity contribution is 5.87. The van der Waals surface area contributed by atoms with Crippen LogP contribution in [0.3, 0.4) is 0 Å². The molecule has 2 unspecified atom stereocenters. The average Bonchev–Trinajstić information content (AvgIpc) is 3.00. The van der Waals surface area contributed by atoms with Crippen LogP contribution in [0.4, 0.5) is 0 Å². The number of carbonyl (C=O) groups excluding carboxylic acids is 1. The molecule has 4 nitrogen and oxygen atoms in total. The lowest BCUT2D eigenvalue weighted by Crippen LogP contribution is -2.48. The van der Waals surface area contributed by atoms with Crippen molar-refractivity contribution in [3.8, 4) is 0 Å². The Labute approximate surface area is 91.4 Å². The number of ketones is 1. The molecule has 0 aromatic heterocycles. The summed E-state index contributed by atoms with van der Waals surface area (Å²) in [5.41, 5.74) is 0. The molecule has 0 amide bonds. The lowest BCUT2D eigenvalue weighted by molar-refractivity contribution is -0.131. The van der Waals surface area contributed by atoms with E-state index in [4.69, 9.17) is 0 Å². The van der Waals surface area contributed by atoms with Crippen molar-refractivity contribution in [2.45, 2.75) is 57.8 Å². The van der Waals surface area contributed by atoms with Gasteiger partial charge >= 0.3 is 0 Å². The smallest absolute Gasteiger partial charge is 0.192 e. The van der Waals surface area contributed by atoms with E-state index in [2.05, 4.69) is 10.6 Å². The fourth-order valence-electron chi connectivity index (χ4n) is 1.63. The zero-order valence-electron chi connectivity index (χ0n) is 9.62. The molecule has 1 aliphatic carbocycles. The highest BCUT2D eigenvalue weighted by atomic mass is 16.3. The van der Waals surface area contributed by atoms with E-state index < -0.39 is 6.23 Å². The fraction of sp³-hybridized carbons (Fsp3) is 0.909. The van der Waals surface area contributed by atoms with Crippen molar-refractivity contribution in [1.29, 1.82) is 0 Å². The largest absolute Gasteiger partial charge is 0.371 e. The molecule has 88 valence electrons. The molecular weight excluding hydrogens is 192 g/mol. The van der Waals surface area contributed by atoms with E-state index >= 15 is 0 Å². The summed E-state index contributed by atoms with van der Waals surface area (Å²) in [5, 5.41) is 15.7. The molecule has 0 aromatic carbocycles. The summed E-state index contributed by atoms with van der Waals surface area (Å²) >= 11 is 0. The molecular formula is C11H22N2O2. The Morgan fingerprint density at radius 2 is 2.13 bits per heavy atom. The quantitative estimate of drug-likeness (QED) is 0.512. The van der Waals surface area contributed by atoms with Gasteiger partial charge in [-0.05, 0) is 25.8 Å². The maximum Gasteiger partial charge on any atom is 0.192 e. The van der Waals surface area contributed by atoms with Gasteiger partial charge in [0.1, 0.15) is 0 Å². The van der Waals surface area contributed by atoms with E-state index in [1.54, 1.807) is 0 Å². The van der Waals surface area contributed by atoms with E-state index in [0.29, 0.717) is 6.04 Å². The molecule has 0 radical (unpaired) electrons. The summed E-state index contributed by atoms with van der Waals surface area (Å²) in [4.78, 5) is 11.8. The third kappa shape index (κ3) is 4.28. The number of aliphatic hydroxyl groups is 1. The zero-order valence-corrected chi connectivity index (χ0v) is 9.62. The van der Waals surface area contributed by atoms with Gasteiger partial charge in [-0.3, -0.25) is 10.1 Å². The number of hydrogen-bond acceptors (Lipinski definition) is 4. The minimum Gasteiger partial charge on any atom is -0.371 e. The molecule has 0 spiro atoms. The second-order valence-corrected chi connectivity index (χ2v) is 4.14. The normalized spacial score (nSPS) is 19.9. The van der Waals surface area contributed by atoms with Gasteiger partial charge in [0.25, 0.3) is 0 Å². The summed E-state index contributed by atoms with van der Waals surface area (Å²) in [7, 11) is 0. The third-order valence-corrected chi connectivity index (χ3v) is 2.61. The highest BCUT2D eigenvalue weighted by Crippen LogP contribution is 2.19. The number of Topliss-reactive ketones (excluding diaryl/α,β-unsaturated/α-hetero) is 1. The second kappa shape index (κ2) is 6.20. The predicted molar refractivity (Wildman–Crippen MR) is 59.5 cm³/mol. The Kier molecular flexibility index (Phi) is 5.22. The van der Waals surface area contributed by atoms with E-state index in [1.807, 2.05) is 13.8 Å². The molecule has 0 aromatic rings. The molecule has 0 saturated heterocycles. The van der Waals surface area contributed by atoms with Crippen LogP contribution in [0.5, 0.6) is 0 Å². The Morgan fingerprint density at radius 1 is 1.47 bits per heavy atom. The fourth-order valence-corrected chi connectivity index (χ4v) is 1.63. The van der Waals surface area contributed by atoms with Crippen molar-refractivity contribution in [3.63, 3.8) is 0 Å². The summed E-state index contributed by atoms with van der Waals surface area (Å²) in [6.45, 7) is 4.77. The van der Waals surface area contributed by atoms with Gasteiger partial charge in [-0.1, -0.05) is 20.3 Å². The van der Waals surface area contributed by atoms with Crippen LogP contribution in [0.2, 0.25) is 0 Å². The van der Waals surface area contributed by atoms with Crippen LogP contribution in [0.15, 0.2) is 0 Å². The van der Waals surface area contributed by atoms with Crippen LogP contribution in [0.1, 0.15) is 39.5 Å². The van der Waals surface area contributed by atoms with Crippen molar-refractivity contribution < 1.29 is 9.90 Å². The third-order valence-electron chi connectivity index (χ3n) is 2.61. The molecule has 1 fully saturated rings. The molecule has 0 aliphatic heterocycles. The molecule has 0 heterocycles. The Bertz CT molecular complexity index is 199. The molecule has 1 aliphatic rings. The van der Waals surface area contributed by atoms with Crippen LogP contribution >= 0.6 is 0 Å². The van der Waals surface area contributed by atoms with Crippen molar-refractivity contribution >= 4 is 5.78 Å². The maximum atomic E-state index is 11.8. The Morgan fingerprint density at radius 3 is 2.60 bits per heavy atom. The topological polar surface area (TPSA) is 61.4 Å².